The zero-order valence-electron chi connectivity index (χ0n) is 17.2. The van der Waals surface area contributed by atoms with Gasteiger partial charge in [0.05, 0.1) is 12.6 Å². The summed E-state index contributed by atoms with van der Waals surface area (Å²) >= 11 is 6.03. The zero-order chi connectivity index (χ0) is 21.7. The maximum atomic E-state index is 13.2. The Morgan fingerprint density at radius 1 is 1.20 bits per heavy atom. The Labute approximate surface area is 183 Å². The van der Waals surface area contributed by atoms with E-state index in [4.69, 9.17) is 16.3 Å². The molecular formula is C22H27ClN2O4S. The quantitative estimate of drug-likeness (QED) is 0.691. The summed E-state index contributed by atoms with van der Waals surface area (Å²) in [4.78, 5) is 12.7. The average Bonchev–Trinajstić information content (AvgIpc) is 2.75. The van der Waals surface area contributed by atoms with E-state index in [0.717, 1.165) is 5.56 Å². The SMILES string of the molecule is CCOc1ccc(Cl)cc1S(=O)(=O)N1CCC(C(=O)N[C@H](C)c2ccccc2)CC1. The van der Waals surface area contributed by atoms with E-state index in [9.17, 15) is 13.2 Å². The van der Waals surface area contributed by atoms with E-state index >= 15 is 0 Å². The maximum absolute atomic E-state index is 13.2. The molecule has 0 unspecified atom stereocenters. The fourth-order valence-corrected chi connectivity index (χ4v) is 5.48. The van der Waals surface area contributed by atoms with Crippen LogP contribution in [-0.4, -0.2) is 38.3 Å². The maximum Gasteiger partial charge on any atom is 0.246 e. The first kappa shape index (κ1) is 22.6. The third-order valence-electron chi connectivity index (χ3n) is 5.31. The summed E-state index contributed by atoms with van der Waals surface area (Å²) < 4.78 is 33.2. The Morgan fingerprint density at radius 2 is 1.87 bits per heavy atom. The van der Waals surface area contributed by atoms with E-state index in [0.29, 0.717) is 30.2 Å². The number of ether oxygens (including phenoxy) is 1. The fourth-order valence-electron chi connectivity index (χ4n) is 3.61. The zero-order valence-corrected chi connectivity index (χ0v) is 18.7. The monoisotopic (exact) mass is 450 g/mol. The molecule has 0 spiro atoms. The van der Waals surface area contributed by atoms with Gasteiger partial charge in [0, 0.05) is 24.0 Å². The minimum absolute atomic E-state index is 0.0406. The molecule has 0 radical (unpaired) electrons. The molecule has 30 heavy (non-hydrogen) atoms. The third-order valence-corrected chi connectivity index (χ3v) is 7.46. The summed E-state index contributed by atoms with van der Waals surface area (Å²) in [6.07, 6.45) is 0.939. The molecule has 0 saturated carbocycles. The highest BCUT2D eigenvalue weighted by molar-refractivity contribution is 7.89. The molecule has 3 rings (SSSR count). The van der Waals surface area contributed by atoms with E-state index in [1.165, 1.54) is 10.4 Å². The molecule has 1 saturated heterocycles. The molecule has 0 bridgehead atoms. The van der Waals surface area contributed by atoms with Crippen LogP contribution in [-0.2, 0) is 14.8 Å². The number of benzene rings is 2. The molecule has 1 heterocycles. The molecule has 1 aliphatic rings. The summed E-state index contributed by atoms with van der Waals surface area (Å²) in [6.45, 7) is 4.65. The highest BCUT2D eigenvalue weighted by Gasteiger charge is 2.34. The van der Waals surface area contributed by atoms with Gasteiger partial charge >= 0.3 is 0 Å². The Hall–Kier alpha value is -2.09. The third kappa shape index (κ3) is 5.14. The van der Waals surface area contributed by atoms with Crippen LogP contribution in [0.3, 0.4) is 0 Å². The second-order valence-corrected chi connectivity index (χ2v) is 9.69. The van der Waals surface area contributed by atoms with Gasteiger partial charge in [0.1, 0.15) is 10.6 Å². The van der Waals surface area contributed by atoms with Crippen LogP contribution in [0.4, 0.5) is 0 Å². The molecule has 1 fully saturated rings. The van der Waals surface area contributed by atoms with Gasteiger partial charge in [-0.05, 0) is 50.5 Å². The lowest BCUT2D eigenvalue weighted by Crippen LogP contribution is -2.43. The molecule has 1 aliphatic heterocycles. The predicted molar refractivity (Wildman–Crippen MR) is 117 cm³/mol. The molecule has 1 N–H and O–H groups in total. The lowest BCUT2D eigenvalue weighted by atomic mass is 9.96. The number of hydrogen-bond acceptors (Lipinski definition) is 4. The van der Waals surface area contributed by atoms with Crippen LogP contribution < -0.4 is 10.1 Å². The number of amides is 1. The predicted octanol–water partition coefficient (Wildman–Crippen LogP) is 4.02. The van der Waals surface area contributed by atoms with E-state index in [-0.39, 0.29) is 35.9 Å². The number of hydrogen-bond donors (Lipinski definition) is 1. The largest absolute Gasteiger partial charge is 0.492 e. The molecule has 162 valence electrons. The van der Waals surface area contributed by atoms with Gasteiger partial charge in [0.25, 0.3) is 0 Å². The van der Waals surface area contributed by atoms with E-state index < -0.39 is 10.0 Å². The van der Waals surface area contributed by atoms with Gasteiger partial charge < -0.3 is 10.1 Å². The first-order chi connectivity index (χ1) is 14.3. The lowest BCUT2D eigenvalue weighted by molar-refractivity contribution is -0.126. The van der Waals surface area contributed by atoms with E-state index in [1.54, 1.807) is 19.1 Å². The van der Waals surface area contributed by atoms with Gasteiger partial charge in [-0.2, -0.15) is 4.31 Å². The molecule has 0 aromatic heterocycles. The number of sulfonamides is 1. The number of rotatable bonds is 7. The van der Waals surface area contributed by atoms with Gasteiger partial charge in [-0.15, -0.1) is 0 Å². The summed E-state index contributed by atoms with van der Waals surface area (Å²) in [7, 11) is -3.76. The Kier molecular flexibility index (Phi) is 7.39. The van der Waals surface area contributed by atoms with Crippen LogP contribution in [0.25, 0.3) is 0 Å². The number of nitrogens with zero attached hydrogens (tertiary/aromatic N) is 1. The van der Waals surface area contributed by atoms with Crippen molar-refractivity contribution in [2.45, 2.75) is 37.6 Å². The lowest BCUT2D eigenvalue weighted by Gasteiger charge is -2.31. The molecule has 8 heteroatoms. The second kappa shape index (κ2) is 9.81. The van der Waals surface area contributed by atoms with Crippen LogP contribution in [0.1, 0.15) is 38.3 Å². The highest BCUT2D eigenvalue weighted by Crippen LogP contribution is 2.32. The molecule has 6 nitrogen and oxygen atoms in total. The van der Waals surface area contributed by atoms with Gasteiger partial charge in [0.15, 0.2) is 0 Å². The van der Waals surface area contributed by atoms with Crippen LogP contribution in [0.5, 0.6) is 5.75 Å². The summed E-state index contributed by atoms with van der Waals surface area (Å²) in [5, 5.41) is 3.37. The number of halogens is 1. The summed E-state index contributed by atoms with van der Waals surface area (Å²) in [6, 6.07) is 14.3. The summed E-state index contributed by atoms with van der Waals surface area (Å²) in [5.41, 5.74) is 1.04. The average molecular weight is 451 g/mol. The van der Waals surface area contributed by atoms with Crippen molar-refractivity contribution >= 4 is 27.5 Å². The number of carbonyl (C=O) groups is 1. The van der Waals surface area contributed by atoms with Crippen molar-refractivity contribution < 1.29 is 17.9 Å². The van der Waals surface area contributed by atoms with Gasteiger partial charge in [-0.1, -0.05) is 41.9 Å². The second-order valence-electron chi connectivity index (χ2n) is 7.34. The number of carbonyl (C=O) groups excluding carboxylic acids is 1. The highest BCUT2D eigenvalue weighted by atomic mass is 35.5. The first-order valence-electron chi connectivity index (χ1n) is 10.1. The van der Waals surface area contributed by atoms with Crippen LogP contribution >= 0.6 is 11.6 Å². The molecule has 2 aromatic rings. The van der Waals surface area contributed by atoms with E-state index in [1.807, 2.05) is 37.3 Å². The van der Waals surface area contributed by atoms with Crippen molar-refractivity contribution in [1.29, 1.82) is 0 Å². The Morgan fingerprint density at radius 3 is 2.50 bits per heavy atom. The Balaban J connectivity index is 1.65. The van der Waals surface area contributed by atoms with Crippen LogP contribution in [0.15, 0.2) is 53.4 Å². The van der Waals surface area contributed by atoms with Gasteiger partial charge in [0.2, 0.25) is 15.9 Å². The van der Waals surface area contributed by atoms with Crippen LogP contribution in [0.2, 0.25) is 5.02 Å². The first-order valence-corrected chi connectivity index (χ1v) is 11.9. The van der Waals surface area contributed by atoms with Crippen molar-refractivity contribution in [3.8, 4) is 5.75 Å². The van der Waals surface area contributed by atoms with Crippen molar-refractivity contribution in [2.24, 2.45) is 5.92 Å². The van der Waals surface area contributed by atoms with Gasteiger partial charge in [-0.3, -0.25) is 4.79 Å². The van der Waals surface area contributed by atoms with Crippen molar-refractivity contribution in [1.82, 2.24) is 9.62 Å². The minimum Gasteiger partial charge on any atom is -0.492 e. The van der Waals surface area contributed by atoms with Crippen molar-refractivity contribution in [3.63, 3.8) is 0 Å². The molecule has 1 atom stereocenters. The topological polar surface area (TPSA) is 75.7 Å². The summed E-state index contributed by atoms with van der Waals surface area (Å²) in [5.74, 6) is 0.0351. The number of piperidine rings is 1. The molecular weight excluding hydrogens is 424 g/mol. The standard InChI is InChI=1S/C22H27ClN2O4S/c1-3-29-20-10-9-19(23)15-21(20)30(27,28)25-13-11-18(12-14-25)22(26)24-16(2)17-7-5-4-6-8-17/h4-10,15-16,18H,3,11-14H2,1-2H3,(H,24,26)/t16-/m1/s1. The smallest absolute Gasteiger partial charge is 0.246 e. The fraction of sp³-hybridized carbons (Fsp3) is 0.409. The van der Waals surface area contributed by atoms with Gasteiger partial charge in [-0.25, -0.2) is 8.42 Å². The molecule has 0 aliphatic carbocycles. The minimum atomic E-state index is -3.76. The molecule has 2 aromatic carbocycles. The normalized spacial score (nSPS) is 16.8. The Bertz CT molecular complexity index is 974. The van der Waals surface area contributed by atoms with Crippen LogP contribution in [0, 0.1) is 5.92 Å². The molecule has 1 amide bonds. The van der Waals surface area contributed by atoms with Crippen molar-refractivity contribution in [2.75, 3.05) is 19.7 Å². The number of nitrogens with one attached hydrogen (secondary N) is 1. The van der Waals surface area contributed by atoms with E-state index in [2.05, 4.69) is 5.32 Å². The van der Waals surface area contributed by atoms with Crippen molar-refractivity contribution in [3.05, 3.63) is 59.1 Å².